The number of amides is 3. The molecule has 2 heterocycles. The summed E-state index contributed by atoms with van der Waals surface area (Å²) in [6.07, 6.45) is 0. The van der Waals surface area contributed by atoms with E-state index in [9.17, 15) is 14.4 Å². The predicted molar refractivity (Wildman–Crippen MR) is 210 cm³/mol. The van der Waals surface area contributed by atoms with Crippen LogP contribution in [-0.4, -0.2) is 93.0 Å². The van der Waals surface area contributed by atoms with Crippen LogP contribution in [0.25, 0.3) is 0 Å². The molecule has 0 aromatic heterocycles. The lowest BCUT2D eigenvalue weighted by atomic mass is 9.74. The lowest BCUT2D eigenvalue weighted by Crippen LogP contribution is -2.51. The van der Waals surface area contributed by atoms with E-state index in [0.717, 1.165) is 65.7 Å². The van der Waals surface area contributed by atoms with E-state index < -0.39 is 5.54 Å². The zero-order chi connectivity index (χ0) is 37.6. The van der Waals surface area contributed by atoms with Gasteiger partial charge in [-0.05, 0) is 65.3 Å². The molecule has 0 fully saturated rings. The van der Waals surface area contributed by atoms with Crippen molar-refractivity contribution in [1.82, 2.24) is 20.4 Å². The number of benzene rings is 3. The summed E-state index contributed by atoms with van der Waals surface area (Å²) in [5.41, 5.74) is 5.46. The second-order valence-electron chi connectivity index (χ2n) is 13.4. The highest BCUT2D eigenvalue weighted by Crippen LogP contribution is 2.58. The van der Waals surface area contributed by atoms with Gasteiger partial charge in [0.1, 0.15) is 17.0 Å². The van der Waals surface area contributed by atoms with E-state index >= 15 is 0 Å². The quantitative estimate of drug-likeness (QED) is 0.168. The van der Waals surface area contributed by atoms with Crippen LogP contribution in [0.1, 0.15) is 68.6 Å². The fourth-order valence-electron chi connectivity index (χ4n) is 7.44. The van der Waals surface area contributed by atoms with Gasteiger partial charge in [-0.25, -0.2) is 0 Å². The van der Waals surface area contributed by atoms with Crippen molar-refractivity contribution < 1.29 is 19.1 Å². The van der Waals surface area contributed by atoms with E-state index in [1.807, 2.05) is 23.1 Å². The number of ether oxygens (including phenoxy) is 1. The Hall–Kier alpha value is -5.09. The lowest BCUT2D eigenvalue weighted by Gasteiger charge is -2.45. The molecule has 0 saturated carbocycles. The Balaban J connectivity index is 1.61. The normalized spacial score (nSPS) is 13.6. The van der Waals surface area contributed by atoms with Crippen LogP contribution in [0, 0.1) is 0 Å². The highest BCUT2D eigenvalue weighted by atomic mass is 16.5. The van der Waals surface area contributed by atoms with Gasteiger partial charge in [0.15, 0.2) is 0 Å². The second kappa shape index (κ2) is 16.5. The Morgan fingerprint density at radius 1 is 0.712 bits per heavy atom. The molecule has 0 aliphatic carbocycles. The van der Waals surface area contributed by atoms with Gasteiger partial charge < -0.3 is 30.1 Å². The first-order valence-corrected chi connectivity index (χ1v) is 18.5. The zero-order valence-electron chi connectivity index (χ0n) is 31.7. The maximum absolute atomic E-state index is 14.7. The molecular formula is C42H54N6O4. The third-order valence-corrected chi connectivity index (χ3v) is 10.2. The monoisotopic (exact) mass is 706 g/mol. The van der Waals surface area contributed by atoms with E-state index in [2.05, 4.69) is 109 Å². The minimum Gasteiger partial charge on any atom is -0.456 e. The van der Waals surface area contributed by atoms with Crippen LogP contribution in [0.4, 0.5) is 11.4 Å². The molecule has 10 heteroatoms. The van der Waals surface area contributed by atoms with Crippen molar-refractivity contribution in [2.24, 2.45) is 0 Å². The van der Waals surface area contributed by atoms with Gasteiger partial charge in [0.2, 0.25) is 11.8 Å². The van der Waals surface area contributed by atoms with Gasteiger partial charge in [0, 0.05) is 117 Å². The average Bonchev–Trinajstić information content (AvgIpc) is 3.38. The van der Waals surface area contributed by atoms with Crippen molar-refractivity contribution in [2.45, 2.75) is 47.1 Å². The van der Waals surface area contributed by atoms with E-state index in [0.29, 0.717) is 56.0 Å². The SMILES string of the molecule is C=C(C)C(=O)NCCN(CCNC(=O)C(=C)C)CCN1C(=O)c2ccccc2C12c1ccc(N(CC)CC)cc1Oc1cc(N(CC)CC)ccc12. The Bertz CT molecular complexity index is 1740. The van der Waals surface area contributed by atoms with Gasteiger partial charge in [0.05, 0.1) is 0 Å². The fraction of sp³-hybridized carbons (Fsp3) is 0.405. The first-order valence-electron chi connectivity index (χ1n) is 18.5. The van der Waals surface area contributed by atoms with Crippen LogP contribution in [0.3, 0.4) is 0 Å². The van der Waals surface area contributed by atoms with Crippen molar-refractivity contribution in [2.75, 3.05) is 75.2 Å². The van der Waals surface area contributed by atoms with Crippen LogP contribution >= 0.6 is 0 Å². The smallest absolute Gasteiger partial charge is 0.255 e. The first-order chi connectivity index (χ1) is 25.0. The van der Waals surface area contributed by atoms with Gasteiger partial charge >= 0.3 is 0 Å². The summed E-state index contributed by atoms with van der Waals surface area (Å²) in [6, 6.07) is 20.7. The van der Waals surface area contributed by atoms with Gasteiger partial charge in [-0.2, -0.15) is 0 Å². The topological polar surface area (TPSA) is 97.5 Å². The molecule has 0 atom stereocenters. The highest BCUT2D eigenvalue weighted by molar-refractivity contribution is 6.02. The molecular weight excluding hydrogens is 652 g/mol. The summed E-state index contributed by atoms with van der Waals surface area (Å²) in [4.78, 5) is 48.1. The van der Waals surface area contributed by atoms with Crippen LogP contribution < -0.4 is 25.2 Å². The van der Waals surface area contributed by atoms with Gasteiger partial charge in [-0.15, -0.1) is 0 Å². The third kappa shape index (κ3) is 7.30. The Morgan fingerprint density at radius 3 is 1.65 bits per heavy atom. The molecule has 0 unspecified atom stereocenters. The average molecular weight is 707 g/mol. The molecule has 2 aliphatic rings. The Kier molecular flexibility index (Phi) is 12.1. The van der Waals surface area contributed by atoms with Gasteiger partial charge in [-0.3, -0.25) is 19.3 Å². The van der Waals surface area contributed by atoms with Crippen LogP contribution in [0.5, 0.6) is 11.5 Å². The van der Waals surface area contributed by atoms with Crippen molar-refractivity contribution in [3.63, 3.8) is 0 Å². The maximum atomic E-state index is 14.7. The number of fused-ring (bicyclic) bond motifs is 6. The molecule has 5 rings (SSSR count). The molecule has 10 nitrogen and oxygen atoms in total. The summed E-state index contributed by atoms with van der Waals surface area (Å²) in [5, 5.41) is 5.85. The molecule has 0 bridgehead atoms. The standard InChI is InChI=1S/C42H54N6O4/c1-9-46(10-2)31-17-19-35-37(27-31)52-38-28-32(47(11-3)12-4)18-20-36(38)42(35)34-16-14-13-15-33(34)41(51)48(42)26-25-45(23-21-43-39(49)29(5)6)24-22-44-40(50)30(7)8/h13-20,27-28H,5,7,9-12,21-26H2,1-4,6,8H3,(H,43,49)(H,44,50). The number of nitrogens with zero attached hydrogens (tertiary/aromatic N) is 4. The molecule has 3 amide bonds. The van der Waals surface area contributed by atoms with Crippen molar-refractivity contribution in [3.05, 3.63) is 107 Å². The van der Waals surface area contributed by atoms with E-state index in [4.69, 9.17) is 4.74 Å². The maximum Gasteiger partial charge on any atom is 0.255 e. The largest absolute Gasteiger partial charge is 0.456 e. The second-order valence-corrected chi connectivity index (χ2v) is 13.4. The van der Waals surface area contributed by atoms with Gasteiger partial charge in [0.25, 0.3) is 5.91 Å². The van der Waals surface area contributed by atoms with Crippen LogP contribution in [0.15, 0.2) is 85.0 Å². The van der Waals surface area contributed by atoms with Crippen LogP contribution in [0.2, 0.25) is 0 Å². The van der Waals surface area contributed by atoms with Crippen molar-refractivity contribution in [1.29, 1.82) is 0 Å². The molecule has 3 aromatic rings. The minimum absolute atomic E-state index is 0.0545. The number of rotatable bonds is 17. The van der Waals surface area contributed by atoms with Gasteiger partial charge in [-0.1, -0.05) is 43.5 Å². The molecule has 2 N–H and O–H groups in total. The Labute approximate surface area is 309 Å². The number of carbonyl (C=O) groups excluding carboxylic acids is 3. The summed E-state index contributed by atoms with van der Waals surface area (Å²) in [5.74, 6) is 0.988. The van der Waals surface area contributed by atoms with Crippen LogP contribution in [-0.2, 0) is 15.1 Å². The van der Waals surface area contributed by atoms with E-state index in [1.54, 1.807) is 13.8 Å². The number of carbonyl (C=O) groups is 3. The molecule has 0 radical (unpaired) electrons. The number of hydrogen-bond acceptors (Lipinski definition) is 7. The molecule has 276 valence electrons. The van der Waals surface area contributed by atoms with E-state index in [-0.39, 0.29) is 17.7 Å². The summed E-state index contributed by atoms with van der Waals surface area (Å²) < 4.78 is 6.84. The zero-order valence-corrected chi connectivity index (χ0v) is 31.7. The fourth-order valence-corrected chi connectivity index (χ4v) is 7.44. The summed E-state index contributed by atoms with van der Waals surface area (Å²) in [6.45, 7) is 25.5. The predicted octanol–water partition coefficient (Wildman–Crippen LogP) is 5.92. The number of nitrogens with one attached hydrogen (secondary N) is 2. The lowest BCUT2D eigenvalue weighted by molar-refractivity contribution is -0.118. The third-order valence-electron chi connectivity index (χ3n) is 10.2. The molecule has 3 aromatic carbocycles. The summed E-state index contributed by atoms with van der Waals surface area (Å²) >= 11 is 0. The first kappa shape index (κ1) is 38.1. The number of anilines is 2. The van der Waals surface area contributed by atoms with E-state index in [1.165, 1.54) is 0 Å². The molecule has 1 spiro atoms. The van der Waals surface area contributed by atoms with Crippen molar-refractivity contribution >= 4 is 29.1 Å². The van der Waals surface area contributed by atoms with Crippen molar-refractivity contribution in [3.8, 4) is 11.5 Å². The number of hydrogen-bond donors (Lipinski definition) is 2. The molecule has 0 saturated heterocycles. The molecule has 52 heavy (non-hydrogen) atoms. The Morgan fingerprint density at radius 2 is 1.19 bits per heavy atom. The highest BCUT2D eigenvalue weighted by Gasteiger charge is 2.56. The minimum atomic E-state index is -0.950. The summed E-state index contributed by atoms with van der Waals surface area (Å²) in [7, 11) is 0. The molecule has 2 aliphatic heterocycles.